The van der Waals surface area contributed by atoms with Gasteiger partial charge in [0, 0.05) is 29.2 Å². The molecule has 0 saturated carbocycles. The molecule has 0 spiro atoms. The molecule has 0 fully saturated rings. The summed E-state index contributed by atoms with van der Waals surface area (Å²) in [5, 5.41) is 6.60. The summed E-state index contributed by atoms with van der Waals surface area (Å²) in [5.41, 5.74) is 4.02. The van der Waals surface area contributed by atoms with Crippen LogP contribution < -0.4 is 20.1 Å². The highest BCUT2D eigenvalue weighted by atomic mass is 16.6. The number of aromatic nitrogens is 2. The van der Waals surface area contributed by atoms with Crippen LogP contribution >= 0.6 is 0 Å². The Morgan fingerprint density at radius 1 is 0.821 bits per heavy atom. The van der Waals surface area contributed by atoms with Crippen LogP contribution in [0.4, 0.5) is 23.1 Å². The molecule has 2 N–H and O–H groups in total. The third kappa shape index (κ3) is 4.17. The summed E-state index contributed by atoms with van der Waals surface area (Å²) in [4.78, 5) is 9.07. The van der Waals surface area contributed by atoms with Crippen molar-refractivity contribution in [3.63, 3.8) is 0 Å². The Hall–Kier alpha value is -3.28. The highest BCUT2D eigenvalue weighted by molar-refractivity contribution is 5.63. The van der Waals surface area contributed by atoms with Gasteiger partial charge in [0.05, 0.1) is 0 Å². The molecule has 6 nitrogen and oxygen atoms in total. The molecule has 4 rings (SSSR count). The Bertz CT molecular complexity index is 971. The largest absolute Gasteiger partial charge is 0.486 e. The molecular weight excluding hydrogens is 352 g/mol. The monoisotopic (exact) mass is 376 g/mol. The summed E-state index contributed by atoms with van der Waals surface area (Å²) < 4.78 is 11.2. The molecule has 1 aliphatic heterocycles. The van der Waals surface area contributed by atoms with E-state index in [0.717, 1.165) is 34.4 Å². The lowest BCUT2D eigenvalue weighted by atomic mass is 10.0. The summed E-state index contributed by atoms with van der Waals surface area (Å²) >= 11 is 0. The molecule has 2 heterocycles. The van der Waals surface area contributed by atoms with Gasteiger partial charge in [-0.25, -0.2) is 4.98 Å². The van der Waals surface area contributed by atoms with Gasteiger partial charge < -0.3 is 20.1 Å². The fourth-order valence-electron chi connectivity index (χ4n) is 3.04. The van der Waals surface area contributed by atoms with E-state index in [2.05, 4.69) is 58.7 Å². The van der Waals surface area contributed by atoms with Crippen molar-refractivity contribution in [3.05, 3.63) is 59.8 Å². The predicted octanol–water partition coefficient (Wildman–Crippen LogP) is 5.17. The number of fused-ring (bicyclic) bond motifs is 1. The van der Waals surface area contributed by atoms with E-state index in [1.165, 1.54) is 5.56 Å². The third-order valence-corrected chi connectivity index (χ3v) is 4.50. The van der Waals surface area contributed by atoms with Crippen molar-refractivity contribution in [2.75, 3.05) is 23.8 Å². The van der Waals surface area contributed by atoms with Crippen LogP contribution in [-0.4, -0.2) is 23.2 Å². The standard InChI is InChI=1S/C22H24N4O2/c1-14(2)16-4-6-17(7-5-16)24-21-12-15(3)23-22(26-21)25-18-8-9-19-20(13-18)28-11-10-27-19/h4-9,12-14H,10-11H2,1-3H3,(H2,23,24,25,26). The number of anilines is 4. The van der Waals surface area contributed by atoms with Crippen molar-refractivity contribution < 1.29 is 9.47 Å². The number of nitrogens with zero attached hydrogens (tertiary/aromatic N) is 2. The summed E-state index contributed by atoms with van der Waals surface area (Å²) in [6, 6.07) is 16.1. The normalized spacial score (nSPS) is 12.7. The van der Waals surface area contributed by atoms with E-state index in [4.69, 9.17) is 9.47 Å². The number of benzene rings is 2. The van der Waals surface area contributed by atoms with Gasteiger partial charge in [-0.15, -0.1) is 0 Å². The van der Waals surface area contributed by atoms with Crippen LogP contribution in [0.1, 0.15) is 31.0 Å². The molecule has 0 bridgehead atoms. The lowest BCUT2D eigenvalue weighted by Crippen LogP contribution is -2.15. The average Bonchev–Trinajstić information content (AvgIpc) is 2.68. The molecule has 1 aromatic heterocycles. The minimum atomic E-state index is 0.511. The molecule has 0 aliphatic carbocycles. The molecule has 144 valence electrons. The fraction of sp³-hybridized carbons (Fsp3) is 0.273. The molecule has 2 aromatic carbocycles. The zero-order valence-corrected chi connectivity index (χ0v) is 16.3. The summed E-state index contributed by atoms with van der Waals surface area (Å²) in [6.45, 7) is 7.46. The second-order valence-electron chi connectivity index (χ2n) is 7.10. The van der Waals surface area contributed by atoms with Crippen LogP contribution in [0.2, 0.25) is 0 Å². The summed E-state index contributed by atoms with van der Waals surface area (Å²) in [7, 11) is 0. The van der Waals surface area contributed by atoms with Gasteiger partial charge in [0.15, 0.2) is 11.5 Å². The molecule has 0 amide bonds. The molecule has 0 atom stereocenters. The number of aryl methyl sites for hydroxylation is 1. The second kappa shape index (κ2) is 7.76. The quantitative estimate of drug-likeness (QED) is 0.640. The molecule has 0 unspecified atom stereocenters. The van der Waals surface area contributed by atoms with Gasteiger partial charge in [-0.1, -0.05) is 26.0 Å². The Kier molecular flexibility index (Phi) is 5.02. The third-order valence-electron chi connectivity index (χ3n) is 4.50. The molecule has 6 heteroatoms. The van der Waals surface area contributed by atoms with Gasteiger partial charge in [-0.05, 0) is 42.7 Å². The molecule has 1 aliphatic rings. The number of nitrogens with one attached hydrogen (secondary N) is 2. The van der Waals surface area contributed by atoms with Crippen LogP contribution in [0, 0.1) is 6.92 Å². The van der Waals surface area contributed by atoms with Crippen molar-refractivity contribution in [2.24, 2.45) is 0 Å². The van der Waals surface area contributed by atoms with E-state index in [-0.39, 0.29) is 0 Å². The molecular formula is C22H24N4O2. The average molecular weight is 376 g/mol. The maximum absolute atomic E-state index is 5.64. The van der Waals surface area contributed by atoms with Gasteiger partial charge in [0.1, 0.15) is 19.0 Å². The van der Waals surface area contributed by atoms with Gasteiger partial charge in [0.2, 0.25) is 5.95 Å². The second-order valence-corrected chi connectivity index (χ2v) is 7.10. The number of hydrogen-bond donors (Lipinski definition) is 2. The van der Waals surface area contributed by atoms with Gasteiger partial charge >= 0.3 is 0 Å². The Labute approximate surface area is 164 Å². The zero-order chi connectivity index (χ0) is 19.5. The lowest BCUT2D eigenvalue weighted by molar-refractivity contribution is 0.171. The van der Waals surface area contributed by atoms with E-state index in [9.17, 15) is 0 Å². The van der Waals surface area contributed by atoms with E-state index >= 15 is 0 Å². The van der Waals surface area contributed by atoms with Crippen LogP contribution in [0.15, 0.2) is 48.5 Å². The smallest absolute Gasteiger partial charge is 0.229 e. The lowest BCUT2D eigenvalue weighted by Gasteiger charge is -2.19. The van der Waals surface area contributed by atoms with Crippen LogP contribution in [0.3, 0.4) is 0 Å². The zero-order valence-electron chi connectivity index (χ0n) is 16.3. The van der Waals surface area contributed by atoms with E-state index in [0.29, 0.717) is 25.1 Å². The number of hydrogen-bond acceptors (Lipinski definition) is 6. The van der Waals surface area contributed by atoms with Crippen molar-refractivity contribution in [1.82, 2.24) is 9.97 Å². The van der Waals surface area contributed by atoms with Gasteiger partial charge in [-0.3, -0.25) is 0 Å². The van der Waals surface area contributed by atoms with E-state index < -0.39 is 0 Å². The molecule has 0 radical (unpaired) electrons. The van der Waals surface area contributed by atoms with Crippen molar-refractivity contribution in [2.45, 2.75) is 26.7 Å². The predicted molar refractivity (Wildman–Crippen MR) is 111 cm³/mol. The highest BCUT2D eigenvalue weighted by Crippen LogP contribution is 2.33. The van der Waals surface area contributed by atoms with Crippen molar-refractivity contribution >= 4 is 23.1 Å². The summed E-state index contributed by atoms with van der Waals surface area (Å²) in [5.74, 6) is 3.27. The maximum Gasteiger partial charge on any atom is 0.229 e. The first-order valence-electron chi connectivity index (χ1n) is 9.46. The maximum atomic E-state index is 5.64. The first kappa shape index (κ1) is 18.1. The van der Waals surface area contributed by atoms with E-state index in [1.807, 2.05) is 31.2 Å². The Morgan fingerprint density at radius 2 is 1.54 bits per heavy atom. The van der Waals surface area contributed by atoms with Gasteiger partial charge in [-0.2, -0.15) is 4.98 Å². The van der Waals surface area contributed by atoms with Crippen molar-refractivity contribution in [3.8, 4) is 11.5 Å². The fourth-order valence-corrected chi connectivity index (χ4v) is 3.04. The van der Waals surface area contributed by atoms with Crippen LogP contribution in [0.25, 0.3) is 0 Å². The SMILES string of the molecule is Cc1cc(Nc2ccc(C(C)C)cc2)nc(Nc2ccc3c(c2)OCCO3)n1. The Morgan fingerprint density at radius 3 is 2.29 bits per heavy atom. The van der Waals surface area contributed by atoms with Crippen LogP contribution in [-0.2, 0) is 0 Å². The highest BCUT2D eigenvalue weighted by Gasteiger charge is 2.12. The summed E-state index contributed by atoms with van der Waals surface area (Å²) in [6.07, 6.45) is 0. The Balaban J connectivity index is 1.52. The van der Waals surface area contributed by atoms with Crippen molar-refractivity contribution in [1.29, 1.82) is 0 Å². The molecule has 3 aromatic rings. The van der Waals surface area contributed by atoms with E-state index in [1.54, 1.807) is 0 Å². The topological polar surface area (TPSA) is 68.3 Å². The molecule has 0 saturated heterocycles. The van der Waals surface area contributed by atoms with Gasteiger partial charge in [0.25, 0.3) is 0 Å². The first-order chi connectivity index (χ1) is 13.6. The number of ether oxygens (including phenoxy) is 2. The number of rotatable bonds is 5. The molecule has 28 heavy (non-hydrogen) atoms. The first-order valence-corrected chi connectivity index (χ1v) is 9.46. The minimum absolute atomic E-state index is 0.511. The minimum Gasteiger partial charge on any atom is -0.486 e. The van der Waals surface area contributed by atoms with Crippen LogP contribution in [0.5, 0.6) is 11.5 Å².